The van der Waals surface area contributed by atoms with Gasteiger partial charge in [0.25, 0.3) is 0 Å². The number of H-pyrrole nitrogens is 4. The lowest BCUT2D eigenvalue weighted by atomic mass is 9.79. The molecular weight excluding hydrogens is 504 g/mol. The predicted octanol–water partition coefficient (Wildman–Crippen LogP) is 6.31. The summed E-state index contributed by atoms with van der Waals surface area (Å²) in [5.41, 5.74) is 5.85. The average molecular weight is 545 g/mol. The van der Waals surface area contributed by atoms with Crippen LogP contribution in [0.1, 0.15) is 113 Å². The van der Waals surface area contributed by atoms with E-state index < -0.39 is 33.6 Å². The normalized spacial score (nSPS) is 23.1. The van der Waals surface area contributed by atoms with Gasteiger partial charge >= 0.3 is 11.9 Å². The predicted molar refractivity (Wildman–Crippen MR) is 154 cm³/mol. The van der Waals surface area contributed by atoms with Crippen molar-refractivity contribution in [1.29, 1.82) is 0 Å². The van der Waals surface area contributed by atoms with Crippen LogP contribution in [0, 0.1) is 0 Å². The summed E-state index contributed by atoms with van der Waals surface area (Å²) in [4.78, 5) is 38.0. The summed E-state index contributed by atoms with van der Waals surface area (Å²) in [6, 6.07) is 16.6. The van der Waals surface area contributed by atoms with E-state index in [2.05, 4.69) is 110 Å². The van der Waals surface area contributed by atoms with E-state index in [1.165, 1.54) is 0 Å². The smallest absolute Gasteiger partial charge is 0.303 e. The van der Waals surface area contributed by atoms with Crippen molar-refractivity contribution in [2.45, 2.75) is 88.9 Å². The number of carbonyl (C=O) groups is 2. The van der Waals surface area contributed by atoms with Crippen molar-refractivity contribution < 1.29 is 19.8 Å². The third kappa shape index (κ3) is 4.39. The molecule has 0 fully saturated rings. The molecule has 4 aromatic rings. The van der Waals surface area contributed by atoms with Gasteiger partial charge in [0.15, 0.2) is 0 Å². The maximum atomic E-state index is 11.7. The van der Waals surface area contributed by atoms with Crippen molar-refractivity contribution in [1.82, 2.24) is 19.9 Å². The van der Waals surface area contributed by atoms with Crippen molar-refractivity contribution in [3.05, 3.63) is 94.1 Å². The highest BCUT2D eigenvalue weighted by Crippen LogP contribution is 2.43. The number of rotatable bonds is 6. The first-order valence-corrected chi connectivity index (χ1v) is 13.9. The molecule has 0 atom stereocenters. The second-order valence-electron chi connectivity index (χ2n) is 12.8. The number of aromatic nitrogens is 4. The largest absolute Gasteiger partial charge is 0.481 e. The van der Waals surface area contributed by atoms with E-state index in [0.29, 0.717) is 12.8 Å². The molecule has 1 aliphatic heterocycles. The summed E-state index contributed by atoms with van der Waals surface area (Å²) in [6.07, 6.45) is 0.955. The number of fused-ring (bicyclic) bond motifs is 8. The standard InChI is InChI=1S/C32H40N4O4/c1-29(2)19-7-11-23(33-19)31(5,17-15-27(37)38)25-13-9-21(35-25)30(3,4)22-10-14-26(36-22)32(6,18-16-28(39)40)24-12-8-20(29)34-24/h7-14,33-36H,15-18H2,1-6H3,(H,37,38)(H,39,40). The van der Waals surface area contributed by atoms with E-state index in [9.17, 15) is 19.8 Å². The van der Waals surface area contributed by atoms with Crippen molar-refractivity contribution in [2.75, 3.05) is 0 Å². The quantitative estimate of drug-likeness (QED) is 0.169. The van der Waals surface area contributed by atoms with Gasteiger partial charge in [0.2, 0.25) is 0 Å². The summed E-state index contributed by atoms with van der Waals surface area (Å²) in [7, 11) is 0. The summed E-state index contributed by atoms with van der Waals surface area (Å²) < 4.78 is 0. The van der Waals surface area contributed by atoms with Gasteiger partial charge in [-0.1, -0.05) is 0 Å². The van der Waals surface area contributed by atoms with E-state index in [0.717, 1.165) is 45.6 Å². The number of nitrogens with one attached hydrogen (secondary N) is 4. The van der Waals surface area contributed by atoms with Crippen molar-refractivity contribution >= 4 is 11.9 Å². The molecule has 5 heterocycles. The molecule has 40 heavy (non-hydrogen) atoms. The lowest BCUT2D eigenvalue weighted by Crippen LogP contribution is -2.29. The molecule has 4 aromatic heterocycles. The van der Waals surface area contributed by atoms with Gasteiger partial charge in [0, 0.05) is 80.1 Å². The fourth-order valence-electron chi connectivity index (χ4n) is 6.16. The van der Waals surface area contributed by atoms with Crippen molar-refractivity contribution in [3.8, 4) is 0 Å². The Bertz CT molecular complexity index is 1360. The first kappa shape index (κ1) is 27.6. The minimum absolute atomic E-state index is 0.0426. The van der Waals surface area contributed by atoms with Crippen molar-refractivity contribution in [2.24, 2.45) is 0 Å². The lowest BCUT2D eigenvalue weighted by Gasteiger charge is -2.31. The first-order chi connectivity index (χ1) is 18.7. The van der Waals surface area contributed by atoms with E-state index in [4.69, 9.17) is 0 Å². The van der Waals surface area contributed by atoms with Crippen LogP contribution in [0.4, 0.5) is 0 Å². The van der Waals surface area contributed by atoms with Crippen LogP contribution in [-0.4, -0.2) is 42.1 Å². The number of carboxylic acid groups (broad SMARTS) is 2. The molecule has 0 saturated carbocycles. The highest BCUT2D eigenvalue weighted by atomic mass is 16.4. The highest BCUT2D eigenvalue weighted by molar-refractivity contribution is 5.67. The Morgan fingerprint density at radius 2 is 0.725 bits per heavy atom. The molecule has 8 bridgehead atoms. The molecule has 8 heteroatoms. The zero-order chi connectivity index (χ0) is 29.1. The van der Waals surface area contributed by atoms with Crippen LogP contribution in [0.25, 0.3) is 0 Å². The van der Waals surface area contributed by atoms with Crippen LogP contribution in [0.5, 0.6) is 0 Å². The Balaban J connectivity index is 1.74. The SMILES string of the molecule is CC1(C)c2ccc([nH]2)C(C)(CCC(=O)O)c2ccc([nH]2)C(C)(C)c2ccc([nH]2)C(C)(CCC(=O)O)c2ccc1[nH]2. The number of carboxylic acids is 2. The Labute approximate surface area is 234 Å². The van der Waals surface area contributed by atoms with Gasteiger partial charge in [-0.05, 0) is 103 Å². The number of aliphatic carboxylic acids is 2. The minimum atomic E-state index is -0.823. The summed E-state index contributed by atoms with van der Waals surface area (Å²) in [5.74, 6) is -1.65. The molecule has 0 aliphatic carbocycles. The molecule has 5 rings (SSSR count). The molecule has 0 spiro atoms. The Kier molecular flexibility index (Phi) is 6.44. The third-order valence-electron chi connectivity index (χ3n) is 9.49. The molecule has 8 nitrogen and oxygen atoms in total. The fraction of sp³-hybridized carbons (Fsp3) is 0.438. The zero-order valence-electron chi connectivity index (χ0n) is 24.2. The van der Waals surface area contributed by atoms with Crippen LogP contribution < -0.4 is 0 Å². The molecular formula is C32H40N4O4. The van der Waals surface area contributed by atoms with Gasteiger partial charge < -0.3 is 30.1 Å². The molecule has 0 saturated heterocycles. The third-order valence-corrected chi connectivity index (χ3v) is 9.49. The Morgan fingerprint density at radius 3 is 0.950 bits per heavy atom. The summed E-state index contributed by atoms with van der Waals surface area (Å²) in [6.45, 7) is 12.8. The lowest BCUT2D eigenvalue weighted by molar-refractivity contribution is -0.138. The van der Waals surface area contributed by atoms with Gasteiger partial charge in [-0.2, -0.15) is 0 Å². The monoisotopic (exact) mass is 544 g/mol. The minimum Gasteiger partial charge on any atom is -0.481 e. The van der Waals surface area contributed by atoms with E-state index in [1.54, 1.807) is 0 Å². The molecule has 1 aliphatic rings. The van der Waals surface area contributed by atoms with E-state index in [1.807, 2.05) is 0 Å². The van der Waals surface area contributed by atoms with Gasteiger partial charge in [0.1, 0.15) is 0 Å². The van der Waals surface area contributed by atoms with Crippen LogP contribution in [0.15, 0.2) is 48.5 Å². The van der Waals surface area contributed by atoms with Crippen LogP contribution in [0.3, 0.4) is 0 Å². The van der Waals surface area contributed by atoms with Crippen LogP contribution in [0.2, 0.25) is 0 Å². The maximum Gasteiger partial charge on any atom is 0.303 e. The molecule has 0 amide bonds. The molecule has 0 radical (unpaired) electrons. The number of aromatic amines is 4. The topological polar surface area (TPSA) is 138 Å². The van der Waals surface area contributed by atoms with Gasteiger partial charge in [-0.25, -0.2) is 0 Å². The number of hydrogen-bond acceptors (Lipinski definition) is 2. The first-order valence-electron chi connectivity index (χ1n) is 13.9. The average Bonchev–Trinajstić information content (AvgIpc) is 3.70. The molecule has 212 valence electrons. The second kappa shape index (κ2) is 9.32. The zero-order valence-corrected chi connectivity index (χ0v) is 24.2. The number of hydrogen-bond donors (Lipinski definition) is 6. The second-order valence-corrected chi connectivity index (χ2v) is 12.8. The fourth-order valence-corrected chi connectivity index (χ4v) is 6.16. The van der Waals surface area contributed by atoms with Gasteiger partial charge in [0.05, 0.1) is 0 Å². The molecule has 6 N–H and O–H groups in total. The van der Waals surface area contributed by atoms with E-state index >= 15 is 0 Å². The highest BCUT2D eigenvalue weighted by Gasteiger charge is 2.39. The van der Waals surface area contributed by atoms with Crippen LogP contribution in [-0.2, 0) is 31.2 Å². The molecule has 0 unspecified atom stereocenters. The van der Waals surface area contributed by atoms with Gasteiger partial charge in [-0.15, -0.1) is 0 Å². The summed E-state index contributed by atoms with van der Waals surface area (Å²) in [5, 5.41) is 19.1. The maximum absolute atomic E-state index is 11.7. The van der Waals surface area contributed by atoms with E-state index in [-0.39, 0.29) is 12.8 Å². The van der Waals surface area contributed by atoms with Crippen molar-refractivity contribution in [3.63, 3.8) is 0 Å². The Hall–Kier alpha value is -3.94. The van der Waals surface area contributed by atoms with Gasteiger partial charge in [-0.3, -0.25) is 9.59 Å². The summed E-state index contributed by atoms with van der Waals surface area (Å²) >= 11 is 0. The Morgan fingerprint density at radius 1 is 0.500 bits per heavy atom. The molecule has 0 aromatic carbocycles. The van der Waals surface area contributed by atoms with Crippen LogP contribution >= 0.6 is 0 Å².